The van der Waals surface area contributed by atoms with Gasteiger partial charge in [-0.3, -0.25) is 4.79 Å². The first-order valence-corrected chi connectivity index (χ1v) is 10.9. The van der Waals surface area contributed by atoms with Crippen molar-refractivity contribution in [2.24, 2.45) is 0 Å². The van der Waals surface area contributed by atoms with E-state index in [1.165, 1.54) is 0 Å². The van der Waals surface area contributed by atoms with Crippen LogP contribution in [0.3, 0.4) is 0 Å². The highest BCUT2D eigenvalue weighted by molar-refractivity contribution is 5.78. The number of hydrogen-bond donors (Lipinski definition) is 1. The molecule has 1 N–H and O–H groups in total. The summed E-state index contributed by atoms with van der Waals surface area (Å²) in [6.07, 6.45) is 5.80. The van der Waals surface area contributed by atoms with Crippen LogP contribution < -0.4 is 5.32 Å². The fourth-order valence-corrected chi connectivity index (χ4v) is 2.84. The molecule has 1 aliphatic heterocycles. The van der Waals surface area contributed by atoms with Crippen molar-refractivity contribution in [3.8, 4) is 17.5 Å². The van der Waals surface area contributed by atoms with Crippen molar-refractivity contribution in [3.63, 3.8) is 0 Å². The quantitative estimate of drug-likeness (QED) is 0.590. The van der Waals surface area contributed by atoms with Crippen molar-refractivity contribution in [2.75, 3.05) is 11.9 Å². The van der Waals surface area contributed by atoms with Gasteiger partial charge in [-0.25, -0.2) is 9.97 Å². The van der Waals surface area contributed by atoms with E-state index < -0.39 is 0 Å². The number of carbonyl (C=O) groups excluding carboxylic acids is 1. The average molecular weight is 436 g/mol. The Bertz CT molecular complexity index is 998. The Kier molecular flexibility index (Phi) is 11.2. The Morgan fingerprint density at radius 1 is 1.31 bits per heavy atom. The maximum atomic E-state index is 12.0. The number of amides is 1. The van der Waals surface area contributed by atoms with Gasteiger partial charge >= 0.3 is 0 Å². The molecule has 7 nitrogen and oxygen atoms in total. The largest absolute Gasteiger partial charge is 0.459 e. The number of nitrogens with zero attached hydrogens (tertiary/aromatic N) is 4. The van der Waals surface area contributed by atoms with E-state index in [-0.39, 0.29) is 12.3 Å². The summed E-state index contributed by atoms with van der Waals surface area (Å²) in [7, 11) is 0. The Hall–Kier alpha value is -3.66. The highest BCUT2D eigenvalue weighted by Gasteiger charge is 2.24. The SMILES string of the molecule is C=C(C)/C=C\C(=C)Nc1nccc(-c2cc3c(o2)CCN(C(=O)CC#N)C3)n1.CC.CC. The number of hydrogen-bond acceptors (Lipinski definition) is 6. The molecular formula is C25H33N5O2. The smallest absolute Gasteiger partial charge is 0.237 e. The number of aromatic nitrogens is 2. The third-order valence-corrected chi connectivity index (χ3v) is 4.20. The molecule has 0 aliphatic carbocycles. The van der Waals surface area contributed by atoms with Crippen LogP contribution in [0.25, 0.3) is 11.5 Å². The topological polar surface area (TPSA) is 95.0 Å². The zero-order valence-electron chi connectivity index (χ0n) is 19.7. The lowest BCUT2D eigenvalue weighted by Crippen LogP contribution is -2.35. The van der Waals surface area contributed by atoms with Crippen LogP contribution in [0.15, 0.2) is 59.3 Å². The van der Waals surface area contributed by atoms with Crippen LogP contribution in [-0.2, 0) is 17.8 Å². The lowest BCUT2D eigenvalue weighted by atomic mass is 10.1. The van der Waals surface area contributed by atoms with Crippen molar-refractivity contribution in [1.29, 1.82) is 5.26 Å². The number of rotatable bonds is 6. The molecule has 1 aliphatic rings. The Labute approximate surface area is 191 Å². The molecule has 0 saturated heterocycles. The van der Waals surface area contributed by atoms with Gasteiger partial charge < -0.3 is 14.6 Å². The summed E-state index contributed by atoms with van der Waals surface area (Å²) < 4.78 is 5.95. The van der Waals surface area contributed by atoms with Crippen LogP contribution in [0.5, 0.6) is 0 Å². The third kappa shape index (κ3) is 7.55. The monoisotopic (exact) mass is 435 g/mol. The predicted molar refractivity (Wildman–Crippen MR) is 128 cm³/mol. The first-order valence-electron chi connectivity index (χ1n) is 10.9. The lowest BCUT2D eigenvalue weighted by molar-refractivity contribution is -0.131. The summed E-state index contributed by atoms with van der Waals surface area (Å²) in [5.41, 5.74) is 3.14. The molecular weight excluding hydrogens is 402 g/mol. The van der Waals surface area contributed by atoms with Crippen molar-refractivity contribution in [2.45, 2.75) is 54.0 Å². The number of nitriles is 1. The second kappa shape index (κ2) is 13.6. The molecule has 7 heteroatoms. The van der Waals surface area contributed by atoms with Gasteiger partial charge in [-0.1, -0.05) is 52.5 Å². The fraction of sp³-hybridized carbons (Fsp3) is 0.360. The maximum absolute atomic E-state index is 12.0. The van der Waals surface area contributed by atoms with Crippen molar-refractivity contribution in [1.82, 2.24) is 14.9 Å². The minimum atomic E-state index is -0.161. The van der Waals surface area contributed by atoms with Gasteiger partial charge in [-0.15, -0.1) is 0 Å². The molecule has 170 valence electrons. The van der Waals surface area contributed by atoms with Gasteiger partial charge in [0.15, 0.2) is 5.76 Å². The molecule has 0 fully saturated rings. The first kappa shape index (κ1) is 26.4. The van der Waals surface area contributed by atoms with Crippen LogP contribution in [0, 0.1) is 11.3 Å². The second-order valence-electron chi connectivity index (χ2n) is 6.55. The van der Waals surface area contributed by atoms with Crippen LogP contribution in [0.1, 0.15) is 52.4 Å². The van der Waals surface area contributed by atoms with E-state index in [0.717, 1.165) is 16.9 Å². The van der Waals surface area contributed by atoms with E-state index in [0.29, 0.717) is 42.6 Å². The Balaban J connectivity index is 0.00000121. The van der Waals surface area contributed by atoms with E-state index in [1.54, 1.807) is 23.2 Å². The van der Waals surface area contributed by atoms with Gasteiger partial charge in [0.05, 0.1) is 6.07 Å². The zero-order chi connectivity index (χ0) is 24.1. The molecule has 2 aromatic rings. The van der Waals surface area contributed by atoms with Crippen LogP contribution in [0.2, 0.25) is 0 Å². The predicted octanol–water partition coefficient (Wildman–Crippen LogP) is 5.65. The molecule has 0 radical (unpaired) electrons. The summed E-state index contributed by atoms with van der Waals surface area (Å²) >= 11 is 0. The van der Waals surface area contributed by atoms with E-state index >= 15 is 0 Å². The zero-order valence-corrected chi connectivity index (χ0v) is 19.7. The highest BCUT2D eigenvalue weighted by atomic mass is 16.3. The maximum Gasteiger partial charge on any atom is 0.237 e. The number of nitrogens with one attached hydrogen (secondary N) is 1. The van der Waals surface area contributed by atoms with Gasteiger partial charge in [0.1, 0.15) is 17.9 Å². The number of allylic oxidation sites excluding steroid dienone is 3. The van der Waals surface area contributed by atoms with Crippen molar-refractivity contribution < 1.29 is 9.21 Å². The molecule has 0 unspecified atom stereocenters. The minimum Gasteiger partial charge on any atom is -0.459 e. The summed E-state index contributed by atoms with van der Waals surface area (Å²) in [4.78, 5) is 22.3. The summed E-state index contributed by atoms with van der Waals surface area (Å²) in [5.74, 6) is 1.71. The minimum absolute atomic E-state index is 0.106. The van der Waals surface area contributed by atoms with E-state index in [1.807, 2.05) is 52.8 Å². The van der Waals surface area contributed by atoms with E-state index in [9.17, 15) is 4.79 Å². The third-order valence-electron chi connectivity index (χ3n) is 4.20. The van der Waals surface area contributed by atoms with Gasteiger partial charge in [0.25, 0.3) is 0 Å². The first-order chi connectivity index (χ1) is 15.5. The van der Waals surface area contributed by atoms with Gasteiger partial charge in [-0.2, -0.15) is 5.26 Å². The number of furan rings is 1. The molecule has 0 spiro atoms. The van der Waals surface area contributed by atoms with E-state index in [2.05, 4.69) is 28.4 Å². The summed E-state index contributed by atoms with van der Waals surface area (Å²) in [5, 5.41) is 11.7. The average Bonchev–Trinajstić information content (AvgIpc) is 3.24. The van der Waals surface area contributed by atoms with Gasteiger partial charge in [0.2, 0.25) is 11.9 Å². The molecule has 3 heterocycles. The molecule has 3 rings (SSSR count). The number of fused-ring (bicyclic) bond motifs is 1. The fourth-order valence-electron chi connectivity index (χ4n) is 2.84. The number of anilines is 1. The van der Waals surface area contributed by atoms with Crippen molar-refractivity contribution in [3.05, 3.63) is 66.2 Å². The van der Waals surface area contributed by atoms with E-state index in [4.69, 9.17) is 9.68 Å². The molecule has 0 saturated carbocycles. The molecule has 2 aromatic heterocycles. The molecule has 0 atom stereocenters. The summed E-state index contributed by atoms with van der Waals surface area (Å²) in [6.45, 7) is 18.6. The summed E-state index contributed by atoms with van der Waals surface area (Å²) in [6, 6.07) is 5.56. The van der Waals surface area contributed by atoms with Crippen LogP contribution in [0.4, 0.5) is 5.95 Å². The Morgan fingerprint density at radius 3 is 2.69 bits per heavy atom. The number of carbonyl (C=O) groups is 1. The molecule has 32 heavy (non-hydrogen) atoms. The van der Waals surface area contributed by atoms with Gasteiger partial charge in [-0.05, 0) is 25.1 Å². The normalized spacial score (nSPS) is 11.8. The Morgan fingerprint density at radius 2 is 2.03 bits per heavy atom. The lowest BCUT2D eigenvalue weighted by Gasteiger charge is -2.25. The van der Waals surface area contributed by atoms with Crippen LogP contribution in [-0.4, -0.2) is 27.3 Å². The standard InChI is InChI=1S/C21H21N5O2.2C2H6/c1-14(2)4-5-15(3)24-21-23-10-7-17(25-21)19-12-16-13-26(20(27)6-9-22)11-8-18(16)28-19;2*1-2/h4-5,7,10,12H,1,3,6,8,11,13H2,2H3,(H,23,24,25);2*1-2H3/b5-4-;;. The highest BCUT2D eigenvalue weighted by Crippen LogP contribution is 2.29. The van der Waals surface area contributed by atoms with Crippen molar-refractivity contribution >= 4 is 11.9 Å². The molecule has 1 amide bonds. The van der Waals surface area contributed by atoms with Gasteiger partial charge in [0, 0.05) is 37.0 Å². The second-order valence-corrected chi connectivity index (χ2v) is 6.55. The molecule has 0 aromatic carbocycles. The molecule has 0 bridgehead atoms. The van der Waals surface area contributed by atoms with Crippen LogP contribution >= 0.6 is 0 Å².